The number of piperazine rings is 1. The number of carbonyl (C=O) groups is 1. The van der Waals surface area contributed by atoms with Crippen LogP contribution >= 0.6 is 0 Å². The number of amides is 1. The predicted octanol–water partition coefficient (Wildman–Crippen LogP) is 2.15. The molecule has 8 nitrogen and oxygen atoms in total. The minimum absolute atomic E-state index is 0.0988. The van der Waals surface area contributed by atoms with Crippen LogP contribution in [0, 0.1) is 13.8 Å². The average molecular weight is 446 g/mol. The van der Waals surface area contributed by atoms with E-state index in [0.29, 0.717) is 39.1 Å². The molecule has 2 saturated heterocycles. The summed E-state index contributed by atoms with van der Waals surface area (Å²) in [4.78, 5) is 16.2. The predicted molar refractivity (Wildman–Crippen MR) is 119 cm³/mol. The first-order valence-electron chi connectivity index (χ1n) is 11.0. The molecule has 2 aliphatic heterocycles. The molecule has 2 aliphatic rings. The zero-order valence-corrected chi connectivity index (χ0v) is 19.4. The van der Waals surface area contributed by atoms with E-state index >= 15 is 0 Å². The number of aryl methyl sites for hydroxylation is 2. The van der Waals surface area contributed by atoms with Crippen LogP contribution in [0.3, 0.4) is 0 Å². The van der Waals surface area contributed by atoms with Gasteiger partial charge < -0.3 is 4.90 Å². The lowest BCUT2D eigenvalue weighted by Crippen LogP contribution is -2.48. The molecule has 1 aromatic carbocycles. The molecule has 0 radical (unpaired) electrons. The summed E-state index contributed by atoms with van der Waals surface area (Å²) in [5.41, 5.74) is 4.24. The summed E-state index contributed by atoms with van der Waals surface area (Å²) in [6.07, 6.45) is 1.41. The van der Waals surface area contributed by atoms with Gasteiger partial charge in [-0.2, -0.15) is 9.40 Å². The minimum Gasteiger partial charge on any atom is -0.312 e. The smallest absolute Gasteiger partial charge is 0.243 e. The normalized spacial score (nSPS) is 18.8. The maximum absolute atomic E-state index is 13.1. The lowest BCUT2D eigenvalue weighted by Gasteiger charge is -2.34. The number of sulfonamides is 1. The van der Waals surface area contributed by atoms with Crippen LogP contribution in [0.4, 0.5) is 5.69 Å². The Hall–Kier alpha value is -2.23. The number of nitrogens with zero attached hydrogens (tertiary/aromatic N) is 5. The SMILES string of the molecule is CCn1nc(C)c(CN2CCN(S(=O)(=O)c3ccc(N4CCCC4=O)cc3)CC2)c1C. The van der Waals surface area contributed by atoms with E-state index in [4.69, 9.17) is 0 Å². The molecular weight excluding hydrogens is 414 g/mol. The molecule has 0 unspecified atom stereocenters. The van der Waals surface area contributed by atoms with Crippen LogP contribution in [-0.4, -0.2) is 66.0 Å². The van der Waals surface area contributed by atoms with Crippen molar-refractivity contribution >= 4 is 21.6 Å². The number of hydrogen-bond acceptors (Lipinski definition) is 5. The molecule has 1 aromatic heterocycles. The third-order valence-electron chi connectivity index (χ3n) is 6.40. The quantitative estimate of drug-likeness (QED) is 0.681. The summed E-state index contributed by atoms with van der Waals surface area (Å²) < 4.78 is 29.8. The average Bonchev–Trinajstić information content (AvgIpc) is 3.32. The third kappa shape index (κ3) is 4.26. The monoisotopic (exact) mass is 445 g/mol. The van der Waals surface area contributed by atoms with Crippen LogP contribution in [0.5, 0.6) is 0 Å². The molecule has 3 heterocycles. The van der Waals surface area contributed by atoms with E-state index in [1.807, 2.05) is 11.6 Å². The maximum atomic E-state index is 13.1. The molecule has 2 fully saturated rings. The zero-order valence-electron chi connectivity index (χ0n) is 18.5. The number of aromatic nitrogens is 2. The first-order chi connectivity index (χ1) is 14.8. The van der Waals surface area contributed by atoms with Crippen molar-refractivity contribution in [3.05, 3.63) is 41.2 Å². The molecule has 9 heteroatoms. The minimum atomic E-state index is -3.54. The van der Waals surface area contributed by atoms with Crippen LogP contribution in [0.1, 0.15) is 36.7 Å². The van der Waals surface area contributed by atoms with E-state index in [0.717, 1.165) is 30.9 Å². The summed E-state index contributed by atoms with van der Waals surface area (Å²) in [6, 6.07) is 6.72. The highest BCUT2D eigenvalue weighted by atomic mass is 32.2. The molecule has 31 heavy (non-hydrogen) atoms. The second-order valence-electron chi connectivity index (χ2n) is 8.29. The highest BCUT2D eigenvalue weighted by Gasteiger charge is 2.30. The molecule has 0 atom stereocenters. The Morgan fingerprint density at radius 2 is 1.68 bits per heavy atom. The van der Waals surface area contributed by atoms with E-state index in [-0.39, 0.29) is 10.8 Å². The summed E-state index contributed by atoms with van der Waals surface area (Å²) in [5, 5.41) is 4.59. The van der Waals surface area contributed by atoms with E-state index < -0.39 is 10.0 Å². The highest BCUT2D eigenvalue weighted by Crippen LogP contribution is 2.25. The van der Waals surface area contributed by atoms with Crippen LogP contribution in [0.25, 0.3) is 0 Å². The fourth-order valence-electron chi connectivity index (χ4n) is 4.49. The number of rotatable bonds is 6. The summed E-state index contributed by atoms with van der Waals surface area (Å²) in [5.74, 6) is 0.0988. The Morgan fingerprint density at radius 3 is 2.23 bits per heavy atom. The van der Waals surface area contributed by atoms with Crippen molar-refractivity contribution in [2.45, 2.75) is 51.6 Å². The molecule has 0 spiro atoms. The lowest BCUT2D eigenvalue weighted by atomic mass is 10.1. The summed E-state index contributed by atoms with van der Waals surface area (Å²) in [7, 11) is -3.54. The number of hydrogen-bond donors (Lipinski definition) is 0. The number of carbonyl (C=O) groups excluding carboxylic acids is 1. The number of benzene rings is 1. The second-order valence-corrected chi connectivity index (χ2v) is 10.2. The largest absolute Gasteiger partial charge is 0.312 e. The summed E-state index contributed by atoms with van der Waals surface area (Å²) >= 11 is 0. The van der Waals surface area contributed by atoms with Gasteiger partial charge >= 0.3 is 0 Å². The molecule has 4 rings (SSSR count). The number of anilines is 1. The highest BCUT2D eigenvalue weighted by molar-refractivity contribution is 7.89. The van der Waals surface area contributed by atoms with Crippen LogP contribution in [-0.2, 0) is 27.9 Å². The van der Waals surface area contributed by atoms with Crippen molar-refractivity contribution in [1.82, 2.24) is 19.0 Å². The van der Waals surface area contributed by atoms with Gasteiger partial charge in [0.25, 0.3) is 0 Å². The zero-order chi connectivity index (χ0) is 22.2. The Balaban J connectivity index is 1.40. The Kier molecular flexibility index (Phi) is 6.18. The van der Waals surface area contributed by atoms with Gasteiger partial charge in [-0.3, -0.25) is 14.4 Å². The van der Waals surface area contributed by atoms with Crippen molar-refractivity contribution in [1.29, 1.82) is 0 Å². The molecule has 0 N–H and O–H groups in total. The van der Waals surface area contributed by atoms with Gasteiger partial charge in [-0.25, -0.2) is 8.42 Å². The molecule has 0 saturated carbocycles. The van der Waals surface area contributed by atoms with Crippen molar-refractivity contribution in [3.63, 3.8) is 0 Å². The molecule has 1 amide bonds. The van der Waals surface area contributed by atoms with Crippen molar-refractivity contribution in [3.8, 4) is 0 Å². The Morgan fingerprint density at radius 1 is 1.00 bits per heavy atom. The van der Waals surface area contributed by atoms with Gasteiger partial charge in [0.1, 0.15) is 0 Å². The van der Waals surface area contributed by atoms with Crippen molar-refractivity contribution in [2.24, 2.45) is 0 Å². The molecule has 168 valence electrons. The van der Waals surface area contributed by atoms with Gasteiger partial charge in [-0.15, -0.1) is 0 Å². The molecule has 2 aromatic rings. The van der Waals surface area contributed by atoms with Gasteiger partial charge in [0, 0.05) is 69.2 Å². The van der Waals surface area contributed by atoms with Gasteiger partial charge in [0.2, 0.25) is 15.9 Å². The third-order valence-corrected chi connectivity index (χ3v) is 8.32. The van der Waals surface area contributed by atoms with Crippen molar-refractivity contribution in [2.75, 3.05) is 37.6 Å². The fraction of sp³-hybridized carbons (Fsp3) is 0.545. The molecule has 0 bridgehead atoms. The van der Waals surface area contributed by atoms with Gasteiger partial charge in [-0.05, 0) is 51.5 Å². The van der Waals surface area contributed by atoms with E-state index in [1.54, 1.807) is 33.5 Å². The lowest BCUT2D eigenvalue weighted by molar-refractivity contribution is -0.117. The van der Waals surface area contributed by atoms with E-state index in [9.17, 15) is 13.2 Å². The van der Waals surface area contributed by atoms with E-state index in [1.165, 1.54) is 11.3 Å². The Bertz CT molecular complexity index is 1050. The maximum Gasteiger partial charge on any atom is 0.243 e. The van der Waals surface area contributed by atoms with Gasteiger partial charge in [0.05, 0.1) is 10.6 Å². The van der Waals surface area contributed by atoms with Gasteiger partial charge in [0.15, 0.2) is 0 Å². The van der Waals surface area contributed by atoms with E-state index in [2.05, 4.69) is 23.8 Å². The Labute approximate surface area is 184 Å². The first kappa shape index (κ1) is 22.0. The second kappa shape index (κ2) is 8.72. The molecule has 0 aliphatic carbocycles. The van der Waals surface area contributed by atoms with Gasteiger partial charge in [-0.1, -0.05) is 0 Å². The van der Waals surface area contributed by atoms with Crippen LogP contribution in [0.2, 0.25) is 0 Å². The van der Waals surface area contributed by atoms with Crippen molar-refractivity contribution < 1.29 is 13.2 Å². The van der Waals surface area contributed by atoms with Crippen LogP contribution in [0.15, 0.2) is 29.2 Å². The topological polar surface area (TPSA) is 78.8 Å². The summed E-state index contributed by atoms with van der Waals surface area (Å²) in [6.45, 7) is 10.9. The standard InChI is InChI=1S/C22H31N5O3S/c1-4-27-18(3)21(17(2)23-27)16-24-12-14-25(15-13-24)31(29,30)20-9-7-19(8-10-20)26-11-5-6-22(26)28/h7-10H,4-6,11-16H2,1-3H3. The molecular formula is C22H31N5O3S. The first-order valence-corrected chi connectivity index (χ1v) is 12.4. The fourth-order valence-corrected chi connectivity index (χ4v) is 5.91. The van der Waals surface area contributed by atoms with Crippen LogP contribution < -0.4 is 4.90 Å².